The number of benzene rings is 2. The van der Waals surface area contributed by atoms with E-state index in [0.29, 0.717) is 5.75 Å². The Bertz CT molecular complexity index is 730. The van der Waals surface area contributed by atoms with Gasteiger partial charge in [0.05, 0.1) is 0 Å². The molecular weight excluding hydrogens is 347 g/mol. The van der Waals surface area contributed by atoms with Crippen LogP contribution in [0.5, 0.6) is 11.5 Å². The largest absolute Gasteiger partial charge is 0.484 e. The standard InChI is InChI=1S/C19H20F3NO3/c1-13-4-3-5-17(10-13)26-14(2)18(24)23-11-15-6-8-16(9-7-15)25-12-19(20,21)22/h3-10,14H,11-12H2,1-2H3,(H,23,24)/t14-/m0/s1. The van der Waals surface area contributed by atoms with E-state index in [1.54, 1.807) is 25.1 Å². The first kappa shape index (κ1) is 19.6. The van der Waals surface area contributed by atoms with Crippen molar-refractivity contribution in [2.24, 2.45) is 0 Å². The lowest BCUT2D eigenvalue weighted by molar-refractivity contribution is -0.153. The fourth-order valence-electron chi connectivity index (χ4n) is 2.15. The molecule has 0 aliphatic carbocycles. The second kappa shape index (κ2) is 8.60. The van der Waals surface area contributed by atoms with E-state index >= 15 is 0 Å². The molecule has 0 aliphatic heterocycles. The summed E-state index contributed by atoms with van der Waals surface area (Å²) >= 11 is 0. The average molecular weight is 367 g/mol. The van der Waals surface area contributed by atoms with Gasteiger partial charge in [-0.15, -0.1) is 0 Å². The third kappa shape index (κ3) is 6.66. The summed E-state index contributed by atoms with van der Waals surface area (Å²) in [6.07, 6.45) is -5.05. The van der Waals surface area contributed by atoms with E-state index in [4.69, 9.17) is 4.74 Å². The molecule has 0 heterocycles. The Labute approximate surface area is 149 Å². The van der Waals surface area contributed by atoms with Crippen LogP contribution in [0, 0.1) is 6.92 Å². The summed E-state index contributed by atoms with van der Waals surface area (Å²) in [6, 6.07) is 13.4. The Morgan fingerprint density at radius 2 is 1.81 bits per heavy atom. The average Bonchev–Trinajstić information content (AvgIpc) is 2.58. The lowest BCUT2D eigenvalue weighted by atomic mass is 10.2. The summed E-state index contributed by atoms with van der Waals surface area (Å²) in [7, 11) is 0. The Hall–Kier alpha value is -2.70. The highest BCUT2D eigenvalue weighted by molar-refractivity contribution is 5.80. The number of aryl methyl sites for hydroxylation is 1. The van der Waals surface area contributed by atoms with Gasteiger partial charge in [-0.1, -0.05) is 24.3 Å². The maximum absolute atomic E-state index is 12.1. The van der Waals surface area contributed by atoms with E-state index in [2.05, 4.69) is 10.1 Å². The minimum Gasteiger partial charge on any atom is -0.484 e. The zero-order valence-electron chi connectivity index (χ0n) is 14.5. The van der Waals surface area contributed by atoms with E-state index in [1.165, 1.54) is 12.1 Å². The second-order valence-electron chi connectivity index (χ2n) is 5.84. The van der Waals surface area contributed by atoms with Crippen LogP contribution in [-0.2, 0) is 11.3 Å². The third-order valence-corrected chi connectivity index (χ3v) is 3.46. The molecule has 0 bridgehead atoms. The molecule has 2 rings (SSSR count). The van der Waals surface area contributed by atoms with Gasteiger partial charge in [-0.3, -0.25) is 4.79 Å². The van der Waals surface area contributed by atoms with Crippen molar-refractivity contribution in [1.82, 2.24) is 5.32 Å². The van der Waals surface area contributed by atoms with Crippen LogP contribution in [-0.4, -0.2) is 24.8 Å². The van der Waals surface area contributed by atoms with Crippen molar-refractivity contribution in [2.75, 3.05) is 6.61 Å². The number of hydrogen-bond acceptors (Lipinski definition) is 3. The molecule has 140 valence electrons. The molecule has 0 radical (unpaired) electrons. The molecule has 0 spiro atoms. The Kier molecular flexibility index (Phi) is 6.49. The van der Waals surface area contributed by atoms with Crippen LogP contribution in [0.15, 0.2) is 48.5 Å². The molecule has 1 N–H and O–H groups in total. The van der Waals surface area contributed by atoms with Gasteiger partial charge in [-0.2, -0.15) is 13.2 Å². The number of ether oxygens (including phenoxy) is 2. The van der Waals surface area contributed by atoms with Gasteiger partial charge in [0.2, 0.25) is 0 Å². The molecule has 2 aromatic carbocycles. The lowest BCUT2D eigenvalue weighted by Crippen LogP contribution is -2.35. The SMILES string of the molecule is Cc1cccc(O[C@@H](C)C(=O)NCc2ccc(OCC(F)(F)F)cc2)c1. The molecule has 1 atom stereocenters. The molecule has 26 heavy (non-hydrogen) atoms. The van der Waals surface area contributed by atoms with Gasteiger partial charge < -0.3 is 14.8 Å². The summed E-state index contributed by atoms with van der Waals surface area (Å²) in [5.74, 6) is 0.441. The molecule has 0 aliphatic rings. The quantitative estimate of drug-likeness (QED) is 0.804. The maximum Gasteiger partial charge on any atom is 0.422 e. The molecule has 0 saturated carbocycles. The zero-order chi connectivity index (χ0) is 19.2. The highest BCUT2D eigenvalue weighted by Crippen LogP contribution is 2.19. The monoisotopic (exact) mass is 367 g/mol. The second-order valence-corrected chi connectivity index (χ2v) is 5.84. The van der Waals surface area contributed by atoms with Crippen LogP contribution in [0.3, 0.4) is 0 Å². The normalized spacial score (nSPS) is 12.3. The fraction of sp³-hybridized carbons (Fsp3) is 0.316. The van der Waals surface area contributed by atoms with E-state index in [1.807, 2.05) is 25.1 Å². The van der Waals surface area contributed by atoms with E-state index in [0.717, 1.165) is 11.1 Å². The zero-order valence-corrected chi connectivity index (χ0v) is 14.5. The van der Waals surface area contributed by atoms with Crippen LogP contribution in [0.25, 0.3) is 0 Å². The van der Waals surface area contributed by atoms with Gasteiger partial charge >= 0.3 is 6.18 Å². The van der Waals surface area contributed by atoms with Crippen molar-refractivity contribution < 1.29 is 27.4 Å². The van der Waals surface area contributed by atoms with Crippen LogP contribution in [0.2, 0.25) is 0 Å². The number of carbonyl (C=O) groups is 1. The van der Waals surface area contributed by atoms with Crippen LogP contribution in [0.4, 0.5) is 13.2 Å². The first-order chi connectivity index (χ1) is 12.2. The van der Waals surface area contributed by atoms with E-state index < -0.39 is 18.9 Å². The summed E-state index contributed by atoms with van der Waals surface area (Å²) < 4.78 is 46.5. The number of nitrogens with one attached hydrogen (secondary N) is 1. The molecule has 0 saturated heterocycles. The van der Waals surface area contributed by atoms with Gasteiger partial charge in [0.1, 0.15) is 11.5 Å². The van der Waals surface area contributed by atoms with Crippen molar-refractivity contribution in [2.45, 2.75) is 32.7 Å². The number of carbonyl (C=O) groups excluding carboxylic acids is 1. The smallest absolute Gasteiger partial charge is 0.422 e. The number of hydrogen-bond donors (Lipinski definition) is 1. The topological polar surface area (TPSA) is 47.6 Å². The summed E-state index contributed by atoms with van der Waals surface area (Å²) in [6.45, 7) is 2.47. The number of alkyl halides is 3. The van der Waals surface area contributed by atoms with Crippen LogP contribution >= 0.6 is 0 Å². The molecule has 0 fully saturated rings. The predicted octanol–water partition coefficient (Wildman–Crippen LogP) is 4.02. The van der Waals surface area contributed by atoms with Gasteiger partial charge in [0, 0.05) is 6.54 Å². The summed E-state index contributed by atoms with van der Waals surface area (Å²) in [5.41, 5.74) is 1.77. The molecule has 0 unspecified atom stereocenters. The van der Waals surface area contributed by atoms with Gasteiger partial charge in [0.15, 0.2) is 12.7 Å². The molecule has 2 aromatic rings. The van der Waals surface area contributed by atoms with Crippen LogP contribution < -0.4 is 14.8 Å². The highest BCUT2D eigenvalue weighted by atomic mass is 19.4. The Morgan fingerprint density at radius 1 is 1.12 bits per heavy atom. The summed E-state index contributed by atoms with van der Waals surface area (Å²) in [5, 5.41) is 2.72. The first-order valence-corrected chi connectivity index (χ1v) is 8.02. The summed E-state index contributed by atoms with van der Waals surface area (Å²) in [4.78, 5) is 12.1. The number of rotatable bonds is 7. The van der Waals surface area contributed by atoms with Crippen LogP contribution in [0.1, 0.15) is 18.1 Å². The van der Waals surface area contributed by atoms with Crippen molar-refractivity contribution in [1.29, 1.82) is 0 Å². The fourth-order valence-corrected chi connectivity index (χ4v) is 2.15. The minimum atomic E-state index is -4.37. The first-order valence-electron chi connectivity index (χ1n) is 8.02. The van der Waals surface area contributed by atoms with E-state index in [9.17, 15) is 18.0 Å². The Balaban J connectivity index is 1.81. The van der Waals surface area contributed by atoms with Crippen molar-refractivity contribution in [3.8, 4) is 11.5 Å². The highest BCUT2D eigenvalue weighted by Gasteiger charge is 2.28. The maximum atomic E-state index is 12.1. The third-order valence-electron chi connectivity index (χ3n) is 3.46. The Morgan fingerprint density at radius 3 is 2.42 bits per heavy atom. The van der Waals surface area contributed by atoms with Gasteiger partial charge in [-0.25, -0.2) is 0 Å². The number of halogens is 3. The van der Waals surface area contributed by atoms with E-state index in [-0.39, 0.29) is 18.2 Å². The molecule has 4 nitrogen and oxygen atoms in total. The van der Waals surface area contributed by atoms with Gasteiger partial charge in [-0.05, 0) is 49.2 Å². The molecule has 1 amide bonds. The lowest BCUT2D eigenvalue weighted by Gasteiger charge is -2.15. The molecule has 7 heteroatoms. The molecule has 0 aromatic heterocycles. The van der Waals surface area contributed by atoms with Crippen molar-refractivity contribution >= 4 is 5.91 Å². The van der Waals surface area contributed by atoms with Crippen molar-refractivity contribution in [3.63, 3.8) is 0 Å². The minimum absolute atomic E-state index is 0.119. The number of amides is 1. The predicted molar refractivity (Wildman–Crippen MR) is 91.1 cm³/mol. The van der Waals surface area contributed by atoms with Crippen molar-refractivity contribution in [3.05, 3.63) is 59.7 Å². The van der Waals surface area contributed by atoms with Gasteiger partial charge in [0.25, 0.3) is 5.91 Å². The molecular formula is C19H20F3NO3.